The lowest BCUT2D eigenvalue weighted by atomic mass is 10.1. The van der Waals surface area contributed by atoms with Crippen molar-refractivity contribution < 1.29 is 4.74 Å². The highest BCUT2D eigenvalue weighted by atomic mass is 16.5. The van der Waals surface area contributed by atoms with Crippen molar-refractivity contribution in [3.63, 3.8) is 0 Å². The number of hydrogen-bond donors (Lipinski definition) is 0. The van der Waals surface area contributed by atoms with Crippen molar-refractivity contribution in [3.8, 4) is 0 Å². The summed E-state index contributed by atoms with van der Waals surface area (Å²) in [5.41, 5.74) is 2.45. The van der Waals surface area contributed by atoms with Gasteiger partial charge in [0.15, 0.2) is 0 Å². The second-order valence-corrected chi connectivity index (χ2v) is 4.24. The summed E-state index contributed by atoms with van der Waals surface area (Å²) in [6.45, 7) is 11.4. The minimum atomic E-state index is 0.230. The Labute approximate surface area is 98.8 Å². The minimum Gasteiger partial charge on any atom is -0.358 e. The Kier molecular flexibility index (Phi) is 5.00. The number of imidazole rings is 1. The van der Waals surface area contributed by atoms with Gasteiger partial charge in [-0.15, -0.1) is 0 Å². The van der Waals surface area contributed by atoms with E-state index in [0.717, 1.165) is 18.7 Å². The molecule has 1 unspecified atom stereocenters. The van der Waals surface area contributed by atoms with Gasteiger partial charge in [0.25, 0.3) is 0 Å². The van der Waals surface area contributed by atoms with Gasteiger partial charge in [-0.25, -0.2) is 4.98 Å². The molecule has 0 spiro atoms. The van der Waals surface area contributed by atoms with Crippen molar-refractivity contribution in [2.45, 2.75) is 59.6 Å². The molecule has 1 aromatic heterocycles. The molecule has 1 saturated heterocycles. The molecule has 0 aliphatic carbocycles. The van der Waals surface area contributed by atoms with E-state index in [1.807, 2.05) is 20.2 Å². The molecule has 0 bridgehead atoms. The number of nitrogens with zero attached hydrogens (tertiary/aromatic N) is 2. The topological polar surface area (TPSA) is 27.1 Å². The first-order valence-corrected chi connectivity index (χ1v) is 6.35. The van der Waals surface area contributed by atoms with E-state index in [2.05, 4.69) is 30.3 Å². The van der Waals surface area contributed by atoms with Crippen LogP contribution in [0.15, 0.2) is 6.33 Å². The second-order valence-electron chi connectivity index (χ2n) is 4.24. The molecule has 1 aliphatic heterocycles. The van der Waals surface area contributed by atoms with Crippen LogP contribution in [0, 0.1) is 6.92 Å². The molecule has 92 valence electrons. The lowest BCUT2D eigenvalue weighted by Crippen LogP contribution is -2.11. The average molecular weight is 224 g/mol. The van der Waals surface area contributed by atoms with Gasteiger partial charge in [-0.2, -0.15) is 0 Å². The molecule has 1 atom stereocenters. The summed E-state index contributed by atoms with van der Waals surface area (Å²) < 4.78 is 7.87. The molecule has 0 radical (unpaired) electrons. The highest BCUT2D eigenvalue weighted by Gasteiger charge is 2.22. The molecular weight excluding hydrogens is 200 g/mol. The Morgan fingerprint density at radius 2 is 2.12 bits per heavy atom. The average Bonchev–Trinajstić information content (AvgIpc) is 2.88. The summed E-state index contributed by atoms with van der Waals surface area (Å²) in [7, 11) is 0. The largest absolute Gasteiger partial charge is 0.358 e. The molecule has 3 heteroatoms. The lowest BCUT2D eigenvalue weighted by Gasteiger charge is -2.17. The van der Waals surface area contributed by atoms with E-state index in [9.17, 15) is 0 Å². The molecule has 1 aliphatic rings. The Hall–Kier alpha value is -0.830. The molecule has 0 saturated carbocycles. The summed E-state index contributed by atoms with van der Waals surface area (Å²) in [4.78, 5) is 4.37. The van der Waals surface area contributed by atoms with Crippen LogP contribution in [0.4, 0.5) is 0 Å². The second kappa shape index (κ2) is 6.04. The van der Waals surface area contributed by atoms with Crippen molar-refractivity contribution in [3.05, 3.63) is 17.7 Å². The van der Waals surface area contributed by atoms with Crippen LogP contribution in [0.3, 0.4) is 0 Å². The fourth-order valence-electron chi connectivity index (χ4n) is 2.19. The van der Waals surface area contributed by atoms with Crippen LogP contribution in [0.25, 0.3) is 0 Å². The van der Waals surface area contributed by atoms with E-state index < -0.39 is 0 Å². The summed E-state index contributed by atoms with van der Waals surface area (Å²) in [6.07, 6.45) is 4.43. The van der Waals surface area contributed by atoms with Crippen LogP contribution in [-0.4, -0.2) is 16.2 Å². The summed E-state index contributed by atoms with van der Waals surface area (Å²) in [5, 5.41) is 0. The first-order valence-electron chi connectivity index (χ1n) is 6.35. The van der Waals surface area contributed by atoms with Gasteiger partial charge in [0, 0.05) is 12.3 Å². The Balaban J connectivity index is 0.000000606. The number of aromatic nitrogens is 2. The fraction of sp³-hybridized carbons (Fsp3) is 0.769. The van der Waals surface area contributed by atoms with Crippen molar-refractivity contribution in [1.82, 2.24) is 9.55 Å². The van der Waals surface area contributed by atoms with Gasteiger partial charge >= 0.3 is 0 Å². The molecule has 16 heavy (non-hydrogen) atoms. The molecule has 0 amide bonds. The SMILES string of the molecule is CC.Cc1ncn(C2CCCO2)c1C(C)C. The van der Waals surface area contributed by atoms with Gasteiger partial charge in [-0.3, -0.25) is 0 Å². The normalized spacial score (nSPS) is 19.8. The van der Waals surface area contributed by atoms with Gasteiger partial charge in [0.2, 0.25) is 0 Å². The van der Waals surface area contributed by atoms with Gasteiger partial charge < -0.3 is 9.30 Å². The molecule has 1 aromatic rings. The summed E-state index contributed by atoms with van der Waals surface area (Å²) >= 11 is 0. The number of ether oxygens (including phenoxy) is 1. The van der Waals surface area contributed by atoms with E-state index in [4.69, 9.17) is 4.74 Å². The zero-order valence-corrected chi connectivity index (χ0v) is 11.2. The number of hydrogen-bond acceptors (Lipinski definition) is 2. The maximum absolute atomic E-state index is 5.67. The minimum absolute atomic E-state index is 0.230. The first kappa shape index (κ1) is 13.2. The van der Waals surface area contributed by atoms with Gasteiger partial charge in [0.05, 0.1) is 12.0 Å². The van der Waals surface area contributed by atoms with Crippen molar-refractivity contribution in [2.24, 2.45) is 0 Å². The highest BCUT2D eigenvalue weighted by Crippen LogP contribution is 2.28. The van der Waals surface area contributed by atoms with Crippen LogP contribution in [0.2, 0.25) is 0 Å². The maximum atomic E-state index is 5.67. The zero-order valence-electron chi connectivity index (χ0n) is 11.2. The lowest BCUT2D eigenvalue weighted by molar-refractivity contribution is 0.0539. The molecule has 1 fully saturated rings. The molecule has 0 N–H and O–H groups in total. The third kappa shape index (κ3) is 2.64. The van der Waals surface area contributed by atoms with E-state index in [1.165, 1.54) is 12.1 Å². The first-order chi connectivity index (χ1) is 7.70. The molecular formula is C13H24N2O. The molecule has 2 heterocycles. The van der Waals surface area contributed by atoms with Crippen molar-refractivity contribution >= 4 is 0 Å². The molecule has 3 nitrogen and oxygen atoms in total. The maximum Gasteiger partial charge on any atom is 0.135 e. The number of aryl methyl sites for hydroxylation is 1. The summed E-state index contributed by atoms with van der Waals surface area (Å²) in [6, 6.07) is 0. The highest BCUT2D eigenvalue weighted by molar-refractivity contribution is 5.15. The number of rotatable bonds is 2. The van der Waals surface area contributed by atoms with Gasteiger partial charge in [-0.1, -0.05) is 27.7 Å². The Morgan fingerprint density at radius 1 is 1.44 bits per heavy atom. The fourth-order valence-corrected chi connectivity index (χ4v) is 2.19. The summed E-state index contributed by atoms with van der Waals surface area (Å²) in [5.74, 6) is 0.515. The quantitative estimate of drug-likeness (QED) is 0.766. The Morgan fingerprint density at radius 3 is 2.62 bits per heavy atom. The Bertz CT molecular complexity index is 312. The van der Waals surface area contributed by atoms with Crippen LogP contribution in [0.5, 0.6) is 0 Å². The van der Waals surface area contributed by atoms with Crippen LogP contribution >= 0.6 is 0 Å². The van der Waals surface area contributed by atoms with Crippen molar-refractivity contribution in [1.29, 1.82) is 0 Å². The van der Waals surface area contributed by atoms with E-state index in [0.29, 0.717) is 5.92 Å². The standard InChI is InChI=1S/C11H18N2O.C2H6/c1-8(2)11-9(3)12-7-13(11)10-5-4-6-14-10;1-2/h7-8,10H,4-6H2,1-3H3;1-2H3. The van der Waals surface area contributed by atoms with Crippen LogP contribution in [-0.2, 0) is 4.74 Å². The van der Waals surface area contributed by atoms with Gasteiger partial charge in [0.1, 0.15) is 6.23 Å². The predicted molar refractivity (Wildman–Crippen MR) is 66.6 cm³/mol. The molecule has 2 rings (SSSR count). The smallest absolute Gasteiger partial charge is 0.135 e. The predicted octanol–water partition coefficient (Wildman–Crippen LogP) is 3.65. The van der Waals surface area contributed by atoms with Gasteiger partial charge in [-0.05, 0) is 25.7 Å². The zero-order chi connectivity index (χ0) is 12.1. The molecule has 0 aromatic carbocycles. The van der Waals surface area contributed by atoms with Crippen molar-refractivity contribution in [2.75, 3.05) is 6.61 Å². The monoisotopic (exact) mass is 224 g/mol. The van der Waals surface area contributed by atoms with Crippen LogP contribution in [0.1, 0.15) is 64.1 Å². The van der Waals surface area contributed by atoms with Crippen LogP contribution < -0.4 is 0 Å². The third-order valence-electron chi connectivity index (χ3n) is 2.79. The van der Waals surface area contributed by atoms with E-state index >= 15 is 0 Å². The van der Waals surface area contributed by atoms with E-state index in [1.54, 1.807) is 0 Å². The van der Waals surface area contributed by atoms with E-state index in [-0.39, 0.29) is 6.23 Å². The third-order valence-corrected chi connectivity index (χ3v) is 2.79.